The first-order chi connectivity index (χ1) is 19.9. The standard InChI is InChI=1S/C30H27BrN4O5S/c31-24-17-21(11-12-25(24)40-20-27(36)32-22-7-3-1-4-8-22)18-26-29(38)35(30(39)41-26)19-28(37)34-15-13-33(14-16-34)23-9-5-2-6-10-23/h1-12,17-18H,13-16,19-20H2,(H,32,36)/b26-18-. The molecule has 0 atom stereocenters. The number of ether oxygens (including phenoxy) is 1. The second-order valence-corrected chi connectivity index (χ2v) is 11.2. The molecule has 2 heterocycles. The number of nitrogens with zero attached hydrogens (tertiary/aromatic N) is 3. The van der Waals surface area contributed by atoms with Crippen LogP contribution in [0.1, 0.15) is 5.56 Å². The van der Waals surface area contributed by atoms with Crippen LogP contribution in [0.5, 0.6) is 5.75 Å². The summed E-state index contributed by atoms with van der Waals surface area (Å²) in [5.74, 6) is -0.586. The quantitative estimate of drug-likeness (QED) is 0.354. The Bertz CT molecular complexity index is 1480. The number of carbonyl (C=O) groups excluding carboxylic acids is 4. The minimum Gasteiger partial charge on any atom is -0.483 e. The number of piperazine rings is 1. The van der Waals surface area contributed by atoms with Crippen LogP contribution >= 0.6 is 27.7 Å². The van der Waals surface area contributed by atoms with Gasteiger partial charge in [0.2, 0.25) is 5.91 Å². The molecule has 9 nitrogen and oxygen atoms in total. The minimum atomic E-state index is -0.495. The molecular weight excluding hydrogens is 608 g/mol. The SMILES string of the molecule is O=C(COc1ccc(/C=C2\SC(=O)N(CC(=O)N3CCN(c4ccccc4)CC3)C2=O)cc1Br)Nc1ccccc1. The fraction of sp³-hybridized carbons (Fsp3) is 0.200. The monoisotopic (exact) mass is 634 g/mol. The van der Waals surface area contributed by atoms with Gasteiger partial charge < -0.3 is 19.9 Å². The number of rotatable bonds is 8. The van der Waals surface area contributed by atoms with Crippen molar-refractivity contribution in [3.05, 3.63) is 93.8 Å². The zero-order chi connectivity index (χ0) is 28.8. The molecule has 0 unspecified atom stereocenters. The van der Waals surface area contributed by atoms with E-state index in [9.17, 15) is 19.2 Å². The van der Waals surface area contributed by atoms with Crippen molar-refractivity contribution in [2.75, 3.05) is 49.5 Å². The third kappa shape index (κ3) is 7.17. The maximum Gasteiger partial charge on any atom is 0.294 e. The number of nitrogens with one attached hydrogen (secondary N) is 1. The van der Waals surface area contributed by atoms with Gasteiger partial charge in [-0.05, 0) is 75.7 Å². The van der Waals surface area contributed by atoms with Crippen molar-refractivity contribution in [1.82, 2.24) is 9.80 Å². The molecule has 0 radical (unpaired) electrons. The molecule has 0 spiro atoms. The molecule has 3 aromatic carbocycles. The molecule has 0 saturated carbocycles. The molecule has 3 aromatic rings. The topological polar surface area (TPSA) is 99.3 Å². The van der Waals surface area contributed by atoms with E-state index < -0.39 is 11.1 Å². The van der Waals surface area contributed by atoms with Gasteiger partial charge in [0.05, 0.1) is 9.38 Å². The molecule has 0 aromatic heterocycles. The zero-order valence-corrected chi connectivity index (χ0v) is 24.4. The van der Waals surface area contributed by atoms with Crippen molar-refractivity contribution in [2.24, 2.45) is 0 Å². The summed E-state index contributed by atoms with van der Waals surface area (Å²) in [5, 5.41) is 2.28. The molecule has 0 bridgehead atoms. The van der Waals surface area contributed by atoms with Crippen molar-refractivity contribution in [3.8, 4) is 5.75 Å². The maximum atomic E-state index is 13.0. The average Bonchev–Trinajstić information content (AvgIpc) is 3.25. The molecule has 5 rings (SSSR count). The molecule has 11 heteroatoms. The van der Waals surface area contributed by atoms with Crippen LogP contribution in [0.25, 0.3) is 6.08 Å². The smallest absolute Gasteiger partial charge is 0.294 e. The number of benzene rings is 3. The largest absolute Gasteiger partial charge is 0.483 e. The van der Waals surface area contributed by atoms with Gasteiger partial charge in [-0.2, -0.15) is 0 Å². The molecule has 0 aliphatic carbocycles. The predicted molar refractivity (Wildman–Crippen MR) is 163 cm³/mol. The first kappa shape index (κ1) is 28.4. The van der Waals surface area contributed by atoms with Crippen LogP contribution in [0.2, 0.25) is 0 Å². The van der Waals surface area contributed by atoms with Crippen molar-refractivity contribution in [2.45, 2.75) is 0 Å². The molecule has 2 saturated heterocycles. The van der Waals surface area contributed by atoms with E-state index in [0.717, 1.165) is 22.3 Å². The summed E-state index contributed by atoms with van der Waals surface area (Å²) in [6.07, 6.45) is 1.60. The second-order valence-electron chi connectivity index (χ2n) is 9.36. The number of para-hydroxylation sites is 2. The first-order valence-electron chi connectivity index (χ1n) is 13.0. The van der Waals surface area contributed by atoms with E-state index in [1.54, 1.807) is 41.3 Å². The van der Waals surface area contributed by atoms with Crippen LogP contribution in [0.4, 0.5) is 16.2 Å². The van der Waals surface area contributed by atoms with Crippen LogP contribution in [-0.2, 0) is 14.4 Å². The highest BCUT2D eigenvalue weighted by Crippen LogP contribution is 2.34. The van der Waals surface area contributed by atoms with Gasteiger partial charge in [0.1, 0.15) is 12.3 Å². The molecular formula is C30H27BrN4O5S. The van der Waals surface area contributed by atoms with E-state index >= 15 is 0 Å². The summed E-state index contributed by atoms with van der Waals surface area (Å²) in [7, 11) is 0. The van der Waals surface area contributed by atoms with Crippen LogP contribution in [0, 0.1) is 0 Å². The molecule has 1 N–H and O–H groups in total. The number of hydrogen-bond acceptors (Lipinski definition) is 7. The Kier molecular flexibility index (Phi) is 9.05. The molecule has 41 heavy (non-hydrogen) atoms. The van der Waals surface area contributed by atoms with Gasteiger partial charge in [0, 0.05) is 37.6 Å². The highest BCUT2D eigenvalue weighted by Gasteiger charge is 2.37. The Hall–Kier alpha value is -4.09. The van der Waals surface area contributed by atoms with E-state index in [0.29, 0.717) is 47.7 Å². The molecule has 210 valence electrons. The third-order valence-electron chi connectivity index (χ3n) is 6.59. The van der Waals surface area contributed by atoms with E-state index in [4.69, 9.17) is 4.74 Å². The lowest BCUT2D eigenvalue weighted by atomic mass is 10.2. The van der Waals surface area contributed by atoms with E-state index in [1.807, 2.05) is 48.5 Å². The normalized spacial score (nSPS) is 16.3. The number of amides is 4. The van der Waals surface area contributed by atoms with Crippen molar-refractivity contribution in [3.63, 3.8) is 0 Å². The summed E-state index contributed by atoms with van der Waals surface area (Å²) in [6.45, 7) is 1.95. The van der Waals surface area contributed by atoms with Gasteiger partial charge in [-0.3, -0.25) is 24.1 Å². The van der Waals surface area contributed by atoms with Crippen LogP contribution in [0.3, 0.4) is 0 Å². The number of halogens is 1. The number of anilines is 2. The minimum absolute atomic E-state index is 0.180. The molecule has 2 fully saturated rings. The summed E-state index contributed by atoms with van der Waals surface area (Å²) in [5.41, 5.74) is 2.44. The van der Waals surface area contributed by atoms with Crippen molar-refractivity contribution < 1.29 is 23.9 Å². The number of carbonyl (C=O) groups is 4. The lowest BCUT2D eigenvalue weighted by Gasteiger charge is -2.36. The zero-order valence-electron chi connectivity index (χ0n) is 22.0. The Morgan fingerprint density at radius 3 is 2.29 bits per heavy atom. The summed E-state index contributed by atoms with van der Waals surface area (Å²) >= 11 is 4.25. The molecule has 4 amide bonds. The Balaban J connectivity index is 1.14. The van der Waals surface area contributed by atoms with E-state index in [1.165, 1.54) is 0 Å². The highest BCUT2D eigenvalue weighted by molar-refractivity contribution is 9.10. The predicted octanol–water partition coefficient (Wildman–Crippen LogP) is 4.85. The highest BCUT2D eigenvalue weighted by atomic mass is 79.9. The summed E-state index contributed by atoms with van der Waals surface area (Å²) < 4.78 is 6.21. The Morgan fingerprint density at radius 1 is 0.927 bits per heavy atom. The Labute approximate surface area is 250 Å². The number of hydrogen-bond donors (Lipinski definition) is 1. The molecule has 2 aliphatic rings. The first-order valence-corrected chi connectivity index (χ1v) is 14.6. The van der Waals surface area contributed by atoms with Gasteiger partial charge in [0.25, 0.3) is 17.1 Å². The van der Waals surface area contributed by atoms with Gasteiger partial charge in [-0.15, -0.1) is 0 Å². The fourth-order valence-corrected chi connectivity index (χ4v) is 5.81. The van der Waals surface area contributed by atoms with Crippen LogP contribution in [-0.4, -0.2) is 72.1 Å². The van der Waals surface area contributed by atoms with Crippen molar-refractivity contribution >= 4 is 68.1 Å². The molecule has 2 aliphatic heterocycles. The van der Waals surface area contributed by atoms with Gasteiger partial charge in [0.15, 0.2) is 6.61 Å². The van der Waals surface area contributed by atoms with Gasteiger partial charge in [-0.1, -0.05) is 42.5 Å². The van der Waals surface area contributed by atoms with Gasteiger partial charge in [-0.25, -0.2) is 0 Å². The number of thioether (sulfide) groups is 1. The second kappa shape index (κ2) is 13.0. The maximum absolute atomic E-state index is 13.0. The summed E-state index contributed by atoms with van der Waals surface area (Å²) in [4.78, 5) is 55.9. The van der Waals surface area contributed by atoms with Gasteiger partial charge >= 0.3 is 0 Å². The van der Waals surface area contributed by atoms with E-state index in [-0.39, 0.29) is 29.9 Å². The lowest BCUT2D eigenvalue weighted by molar-refractivity contribution is -0.136. The van der Waals surface area contributed by atoms with Crippen molar-refractivity contribution in [1.29, 1.82) is 0 Å². The Morgan fingerprint density at radius 2 is 1.61 bits per heavy atom. The van der Waals surface area contributed by atoms with Crippen LogP contribution < -0.4 is 15.0 Å². The van der Waals surface area contributed by atoms with E-state index in [2.05, 4.69) is 26.1 Å². The third-order valence-corrected chi connectivity index (χ3v) is 8.12. The fourth-order valence-electron chi connectivity index (χ4n) is 4.46. The number of imide groups is 1. The summed E-state index contributed by atoms with van der Waals surface area (Å²) in [6, 6.07) is 24.2. The lowest BCUT2D eigenvalue weighted by Crippen LogP contribution is -2.51. The average molecular weight is 636 g/mol. The van der Waals surface area contributed by atoms with Crippen LogP contribution in [0.15, 0.2) is 88.2 Å².